The molecule has 150 valence electrons. The average molecular weight is 396 g/mol. The second kappa shape index (κ2) is 11.1. The summed E-state index contributed by atoms with van der Waals surface area (Å²) in [5.41, 5.74) is 0.786. The molecule has 27 heavy (non-hydrogen) atoms. The van der Waals surface area contributed by atoms with Gasteiger partial charge in [-0.3, -0.25) is 9.79 Å². The van der Waals surface area contributed by atoms with Crippen LogP contribution in [0.2, 0.25) is 5.02 Å². The van der Waals surface area contributed by atoms with E-state index in [1.807, 2.05) is 13.8 Å². The maximum absolute atomic E-state index is 11.8. The number of aliphatic hydroxyl groups excluding tert-OH is 1. The number of carbonyl (C=O) groups excluding carboxylic acids is 1. The quantitative estimate of drug-likeness (QED) is 0.375. The molecule has 2 rings (SSSR count). The van der Waals surface area contributed by atoms with Gasteiger partial charge in [0.25, 0.3) is 0 Å². The minimum absolute atomic E-state index is 0.00856. The number of halogens is 1. The Morgan fingerprint density at radius 2 is 1.93 bits per heavy atom. The fourth-order valence-electron chi connectivity index (χ4n) is 3.22. The van der Waals surface area contributed by atoms with Gasteiger partial charge in [-0.2, -0.15) is 0 Å². The van der Waals surface area contributed by atoms with Gasteiger partial charge in [0.2, 0.25) is 0 Å². The molecule has 0 aromatic heterocycles. The van der Waals surface area contributed by atoms with Gasteiger partial charge >= 0.3 is 5.97 Å². The van der Waals surface area contributed by atoms with E-state index in [0.29, 0.717) is 17.6 Å². The molecule has 1 aliphatic carbocycles. The number of carbonyl (C=O) groups is 1. The predicted octanol–water partition coefficient (Wildman–Crippen LogP) is 3.05. The molecular weight excluding hydrogens is 366 g/mol. The van der Waals surface area contributed by atoms with Crippen LogP contribution in [-0.2, 0) is 9.53 Å². The van der Waals surface area contributed by atoms with Gasteiger partial charge < -0.3 is 20.5 Å². The molecule has 1 atom stereocenters. The van der Waals surface area contributed by atoms with Crippen molar-refractivity contribution in [1.82, 2.24) is 10.6 Å². The smallest absolute Gasteiger partial charge is 0.308 e. The lowest BCUT2D eigenvalue weighted by Gasteiger charge is -2.29. The lowest BCUT2D eigenvalue weighted by atomic mass is 9.86. The summed E-state index contributed by atoms with van der Waals surface area (Å²) in [6, 6.07) is 7.39. The summed E-state index contributed by atoms with van der Waals surface area (Å²) in [6.07, 6.45) is 2.76. The Kier molecular flexibility index (Phi) is 8.88. The first kappa shape index (κ1) is 21.5. The van der Waals surface area contributed by atoms with E-state index in [0.717, 1.165) is 37.8 Å². The largest absolute Gasteiger partial charge is 0.466 e. The number of hydrogen-bond acceptors (Lipinski definition) is 4. The minimum atomic E-state index is -0.683. The Hall–Kier alpha value is -1.79. The normalized spacial score (nSPS) is 21.4. The van der Waals surface area contributed by atoms with Gasteiger partial charge in [0.1, 0.15) is 0 Å². The molecule has 0 radical (unpaired) electrons. The molecule has 0 aliphatic heterocycles. The summed E-state index contributed by atoms with van der Waals surface area (Å²) < 4.78 is 5.12. The number of aliphatic hydroxyl groups is 1. The molecule has 0 bridgehead atoms. The summed E-state index contributed by atoms with van der Waals surface area (Å²) in [4.78, 5) is 16.4. The van der Waals surface area contributed by atoms with Crippen LogP contribution in [0, 0.1) is 5.92 Å². The number of hydrogen-bond donors (Lipinski definition) is 3. The highest BCUT2D eigenvalue weighted by atomic mass is 35.5. The Morgan fingerprint density at radius 3 is 2.52 bits per heavy atom. The number of rotatable bonds is 7. The number of nitrogens with zero attached hydrogens (tertiary/aromatic N) is 1. The number of guanidine groups is 1. The van der Waals surface area contributed by atoms with Crippen LogP contribution in [0.5, 0.6) is 0 Å². The number of nitrogens with one attached hydrogen (secondary N) is 2. The van der Waals surface area contributed by atoms with Crippen molar-refractivity contribution in [2.45, 2.75) is 51.7 Å². The van der Waals surface area contributed by atoms with Gasteiger partial charge in [0, 0.05) is 17.6 Å². The fourth-order valence-corrected chi connectivity index (χ4v) is 3.34. The molecule has 7 heteroatoms. The summed E-state index contributed by atoms with van der Waals surface area (Å²) >= 11 is 5.88. The molecule has 0 heterocycles. The topological polar surface area (TPSA) is 83.0 Å². The highest BCUT2D eigenvalue weighted by Crippen LogP contribution is 2.25. The van der Waals surface area contributed by atoms with Crippen molar-refractivity contribution < 1.29 is 14.6 Å². The standard InChI is InChI=1S/C20H30ClN3O3/c1-3-22-20(23-13-18(25)14-5-9-16(21)10-6-14)24-17-11-7-15(8-12-17)19(26)27-4-2/h5-6,9-10,15,17-18,25H,3-4,7-8,11-13H2,1-2H3,(H2,22,23,24). The van der Waals surface area contributed by atoms with Crippen molar-refractivity contribution in [1.29, 1.82) is 0 Å². The van der Waals surface area contributed by atoms with Gasteiger partial charge in [-0.15, -0.1) is 0 Å². The van der Waals surface area contributed by atoms with Gasteiger partial charge in [0.15, 0.2) is 5.96 Å². The average Bonchev–Trinajstić information content (AvgIpc) is 2.67. The third kappa shape index (κ3) is 7.03. The van der Waals surface area contributed by atoms with Crippen LogP contribution in [0.4, 0.5) is 0 Å². The molecular formula is C20H30ClN3O3. The zero-order valence-electron chi connectivity index (χ0n) is 16.1. The highest BCUT2D eigenvalue weighted by molar-refractivity contribution is 6.30. The SMILES string of the molecule is CCNC(=NCC(O)c1ccc(Cl)cc1)NC1CCC(C(=O)OCC)CC1. The molecule has 1 aromatic carbocycles. The van der Waals surface area contributed by atoms with Crippen LogP contribution in [0.15, 0.2) is 29.3 Å². The summed E-state index contributed by atoms with van der Waals surface area (Å²) in [5, 5.41) is 17.6. The van der Waals surface area contributed by atoms with Crippen molar-refractivity contribution in [3.05, 3.63) is 34.9 Å². The second-order valence-electron chi connectivity index (χ2n) is 6.73. The summed E-state index contributed by atoms with van der Waals surface area (Å²) in [7, 11) is 0. The zero-order chi connectivity index (χ0) is 19.6. The summed E-state index contributed by atoms with van der Waals surface area (Å²) in [5.74, 6) is 0.613. The van der Waals surface area contributed by atoms with Crippen LogP contribution in [0.1, 0.15) is 51.2 Å². The second-order valence-corrected chi connectivity index (χ2v) is 7.17. The molecule has 0 saturated heterocycles. The van der Waals surface area contributed by atoms with Crippen molar-refractivity contribution in [2.24, 2.45) is 10.9 Å². The maximum Gasteiger partial charge on any atom is 0.308 e. The van der Waals surface area contributed by atoms with E-state index >= 15 is 0 Å². The van der Waals surface area contributed by atoms with Crippen LogP contribution in [0.3, 0.4) is 0 Å². The van der Waals surface area contributed by atoms with Crippen LogP contribution < -0.4 is 10.6 Å². The van der Waals surface area contributed by atoms with E-state index in [1.165, 1.54) is 0 Å². The predicted molar refractivity (Wildman–Crippen MR) is 108 cm³/mol. The van der Waals surface area contributed by atoms with E-state index < -0.39 is 6.10 Å². The number of ether oxygens (including phenoxy) is 1. The molecule has 1 saturated carbocycles. The highest BCUT2D eigenvalue weighted by Gasteiger charge is 2.27. The first-order chi connectivity index (χ1) is 13.0. The molecule has 0 spiro atoms. The minimum Gasteiger partial charge on any atom is -0.466 e. The van der Waals surface area contributed by atoms with Crippen molar-refractivity contribution in [2.75, 3.05) is 19.7 Å². The molecule has 6 nitrogen and oxygen atoms in total. The molecule has 1 fully saturated rings. The van der Waals surface area contributed by atoms with E-state index in [9.17, 15) is 9.90 Å². The van der Waals surface area contributed by atoms with Crippen LogP contribution in [0.25, 0.3) is 0 Å². The number of esters is 1. The molecule has 3 N–H and O–H groups in total. The molecule has 1 aromatic rings. The van der Waals surface area contributed by atoms with E-state index in [-0.39, 0.29) is 24.5 Å². The Labute approximate surface area is 166 Å². The van der Waals surface area contributed by atoms with Crippen LogP contribution in [-0.4, -0.2) is 42.8 Å². The third-order valence-corrected chi connectivity index (χ3v) is 4.96. The Balaban J connectivity index is 1.86. The lowest BCUT2D eigenvalue weighted by Crippen LogP contribution is -2.45. The van der Waals surface area contributed by atoms with Crippen molar-refractivity contribution >= 4 is 23.5 Å². The summed E-state index contributed by atoms with van der Waals surface area (Å²) in [6.45, 7) is 5.27. The third-order valence-electron chi connectivity index (χ3n) is 4.71. The van der Waals surface area contributed by atoms with Crippen LogP contribution >= 0.6 is 11.6 Å². The Morgan fingerprint density at radius 1 is 1.26 bits per heavy atom. The Bertz CT molecular complexity index is 613. The van der Waals surface area contributed by atoms with Gasteiger partial charge in [-0.1, -0.05) is 23.7 Å². The van der Waals surface area contributed by atoms with Crippen molar-refractivity contribution in [3.63, 3.8) is 0 Å². The number of aliphatic imine (C=N–C) groups is 1. The lowest BCUT2D eigenvalue weighted by molar-refractivity contribution is -0.149. The van der Waals surface area contributed by atoms with Gasteiger partial charge in [0.05, 0.1) is 25.2 Å². The molecule has 1 aliphatic rings. The molecule has 0 amide bonds. The van der Waals surface area contributed by atoms with E-state index in [4.69, 9.17) is 16.3 Å². The first-order valence-corrected chi connectivity index (χ1v) is 10.1. The zero-order valence-corrected chi connectivity index (χ0v) is 16.8. The van der Waals surface area contributed by atoms with E-state index in [1.54, 1.807) is 24.3 Å². The maximum atomic E-state index is 11.8. The first-order valence-electron chi connectivity index (χ1n) is 9.68. The van der Waals surface area contributed by atoms with Gasteiger partial charge in [-0.25, -0.2) is 0 Å². The fraction of sp³-hybridized carbons (Fsp3) is 0.600. The number of benzene rings is 1. The van der Waals surface area contributed by atoms with Gasteiger partial charge in [-0.05, 0) is 57.2 Å². The monoisotopic (exact) mass is 395 g/mol. The molecule has 1 unspecified atom stereocenters. The van der Waals surface area contributed by atoms with Crippen molar-refractivity contribution in [3.8, 4) is 0 Å². The van der Waals surface area contributed by atoms with E-state index in [2.05, 4.69) is 15.6 Å².